The third kappa shape index (κ3) is 3.69. The van der Waals surface area contributed by atoms with Gasteiger partial charge in [-0.3, -0.25) is 4.79 Å². The summed E-state index contributed by atoms with van der Waals surface area (Å²) in [5, 5.41) is 8.67. The molecule has 0 unspecified atom stereocenters. The van der Waals surface area contributed by atoms with Crippen molar-refractivity contribution < 1.29 is 9.21 Å². The van der Waals surface area contributed by atoms with E-state index in [9.17, 15) is 4.79 Å². The van der Waals surface area contributed by atoms with Crippen molar-refractivity contribution in [3.05, 3.63) is 96.4 Å². The number of benzene rings is 2. The number of carbonyl (C=O) groups is 1. The number of hydrogen-bond acceptors (Lipinski definition) is 4. The molecule has 1 N–H and O–H groups in total. The maximum Gasteiger partial charge on any atom is 0.271 e. The van der Waals surface area contributed by atoms with Gasteiger partial charge in [-0.1, -0.05) is 36.4 Å². The van der Waals surface area contributed by atoms with Gasteiger partial charge in [-0.2, -0.15) is 10.2 Å². The second-order valence-corrected chi connectivity index (χ2v) is 5.76. The zero-order valence-corrected chi connectivity index (χ0v) is 14.3. The molecule has 6 heteroatoms. The summed E-state index contributed by atoms with van der Waals surface area (Å²) in [5.41, 5.74) is 5.35. The Balaban J connectivity index is 1.61. The van der Waals surface area contributed by atoms with E-state index in [1.807, 2.05) is 48.7 Å². The van der Waals surface area contributed by atoms with Gasteiger partial charge in [-0.15, -0.1) is 0 Å². The zero-order chi connectivity index (χ0) is 18.5. The second-order valence-electron chi connectivity index (χ2n) is 5.76. The molecule has 1 amide bonds. The maximum absolute atomic E-state index is 12.1. The predicted molar refractivity (Wildman–Crippen MR) is 103 cm³/mol. The molecule has 0 spiro atoms. The zero-order valence-electron chi connectivity index (χ0n) is 14.3. The van der Waals surface area contributed by atoms with E-state index in [0.29, 0.717) is 17.0 Å². The van der Waals surface area contributed by atoms with Crippen LogP contribution < -0.4 is 5.43 Å². The van der Waals surface area contributed by atoms with Crippen LogP contribution in [0.15, 0.2) is 94.8 Å². The molecule has 6 nitrogen and oxygen atoms in total. The van der Waals surface area contributed by atoms with Gasteiger partial charge in [0.2, 0.25) is 0 Å². The molecule has 0 saturated carbocycles. The lowest BCUT2D eigenvalue weighted by atomic mass is 10.2. The highest BCUT2D eigenvalue weighted by Gasteiger charge is 2.13. The Hall–Kier alpha value is -3.93. The maximum atomic E-state index is 12.1. The monoisotopic (exact) mass is 356 g/mol. The van der Waals surface area contributed by atoms with Crippen LogP contribution in [0.5, 0.6) is 0 Å². The van der Waals surface area contributed by atoms with Crippen LogP contribution >= 0.6 is 0 Å². The predicted octanol–water partition coefficient (Wildman–Crippen LogP) is 3.90. The normalized spacial score (nSPS) is 11.0. The molecule has 27 heavy (non-hydrogen) atoms. The lowest BCUT2D eigenvalue weighted by Crippen LogP contribution is -2.17. The Bertz CT molecular complexity index is 1050. The molecule has 0 fully saturated rings. The van der Waals surface area contributed by atoms with Crippen molar-refractivity contribution in [1.29, 1.82) is 0 Å². The molecular weight excluding hydrogens is 340 g/mol. The first-order valence-electron chi connectivity index (χ1n) is 8.39. The molecule has 0 bridgehead atoms. The van der Waals surface area contributed by atoms with E-state index in [-0.39, 0.29) is 5.91 Å². The topological polar surface area (TPSA) is 72.4 Å². The molecule has 132 valence electrons. The van der Waals surface area contributed by atoms with E-state index in [0.717, 1.165) is 11.3 Å². The third-order valence-corrected chi connectivity index (χ3v) is 3.92. The quantitative estimate of drug-likeness (QED) is 0.435. The van der Waals surface area contributed by atoms with Crippen LogP contribution in [0.4, 0.5) is 0 Å². The molecule has 4 aromatic rings. The summed E-state index contributed by atoms with van der Waals surface area (Å²) in [5.74, 6) is 0.349. The van der Waals surface area contributed by atoms with Crippen molar-refractivity contribution in [1.82, 2.24) is 15.2 Å². The number of nitrogens with zero attached hydrogens (tertiary/aromatic N) is 3. The first kappa shape index (κ1) is 16.5. The molecule has 0 saturated heterocycles. The highest BCUT2D eigenvalue weighted by molar-refractivity contribution is 5.95. The molecule has 0 aliphatic rings. The van der Waals surface area contributed by atoms with Crippen molar-refractivity contribution >= 4 is 12.1 Å². The summed E-state index contributed by atoms with van der Waals surface area (Å²) in [6.45, 7) is 0. The van der Waals surface area contributed by atoms with Crippen LogP contribution in [-0.2, 0) is 0 Å². The van der Waals surface area contributed by atoms with Crippen LogP contribution in [0.25, 0.3) is 17.1 Å². The van der Waals surface area contributed by atoms with Gasteiger partial charge in [-0.05, 0) is 36.4 Å². The van der Waals surface area contributed by atoms with Gasteiger partial charge in [0.05, 0.1) is 18.2 Å². The van der Waals surface area contributed by atoms with Crippen molar-refractivity contribution in [3.8, 4) is 17.1 Å². The molecule has 0 atom stereocenters. The fraction of sp³-hybridized carbons (Fsp3) is 0. The molecule has 2 heterocycles. The van der Waals surface area contributed by atoms with Crippen molar-refractivity contribution in [2.75, 3.05) is 0 Å². The number of carbonyl (C=O) groups excluding carboxylic acids is 1. The van der Waals surface area contributed by atoms with E-state index in [2.05, 4.69) is 15.6 Å². The fourth-order valence-corrected chi connectivity index (χ4v) is 2.61. The van der Waals surface area contributed by atoms with Crippen LogP contribution in [0.2, 0.25) is 0 Å². The Labute approximate surface area is 155 Å². The Morgan fingerprint density at radius 3 is 2.44 bits per heavy atom. The van der Waals surface area contributed by atoms with E-state index in [1.165, 1.54) is 0 Å². The minimum absolute atomic E-state index is 0.276. The van der Waals surface area contributed by atoms with E-state index < -0.39 is 0 Å². The number of rotatable bonds is 5. The third-order valence-electron chi connectivity index (χ3n) is 3.92. The molecule has 4 rings (SSSR count). The van der Waals surface area contributed by atoms with Crippen molar-refractivity contribution in [3.63, 3.8) is 0 Å². The number of para-hydroxylation sites is 1. The number of hydrogen-bond donors (Lipinski definition) is 1. The first-order chi connectivity index (χ1) is 13.3. The molecular formula is C21H16N4O2. The van der Waals surface area contributed by atoms with Crippen LogP contribution in [0.3, 0.4) is 0 Å². The SMILES string of the molecule is O=C(N/N=C\c1cn(-c2ccccc2)nc1-c1ccco1)c1ccccc1. The van der Waals surface area contributed by atoms with Crippen molar-refractivity contribution in [2.45, 2.75) is 0 Å². The molecule has 0 aliphatic carbocycles. The van der Waals surface area contributed by atoms with Crippen molar-refractivity contribution in [2.24, 2.45) is 5.10 Å². The number of nitrogens with one attached hydrogen (secondary N) is 1. The lowest BCUT2D eigenvalue weighted by molar-refractivity contribution is 0.0955. The van der Waals surface area contributed by atoms with Crippen LogP contribution in [0, 0.1) is 0 Å². The number of hydrazone groups is 1. The van der Waals surface area contributed by atoms with Gasteiger partial charge >= 0.3 is 0 Å². The molecule has 0 radical (unpaired) electrons. The van der Waals surface area contributed by atoms with E-state index in [4.69, 9.17) is 4.42 Å². The molecule has 0 aliphatic heterocycles. The largest absolute Gasteiger partial charge is 0.463 e. The minimum Gasteiger partial charge on any atom is -0.463 e. The summed E-state index contributed by atoms with van der Waals surface area (Å²) >= 11 is 0. The smallest absolute Gasteiger partial charge is 0.271 e. The summed E-state index contributed by atoms with van der Waals surface area (Å²) in [6.07, 6.45) is 4.99. The summed E-state index contributed by atoms with van der Waals surface area (Å²) in [7, 11) is 0. The van der Waals surface area contributed by atoms with E-state index >= 15 is 0 Å². The van der Waals surface area contributed by atoms with Gasteiger partial charge in [0.25, 0.3) is 5.91 Å². The van der Waals surface area contributed by atoms with Crippen LogP contribution in [0.1, 0.15) is 15.9 Å². The number of amides is 1. The number of aromatic nitrogens is 2. The average Bonchev–Trinajstić information content (AvgIpc) is 3.39. The van der Waals surface area contributed by atoms with Gasteiger partial charge in [0.1, 0.15) is 5.69 Å². The van der Waals surface area contributed by atoms with Gasteiger partial charge in [0, 0.05) is 17.3 Å². The Kier molecular flexibility index (Phi) is 4.61. The van der Waals surface area contributed by atoms with Gasteiger partial charge in [0.15, 0.2) is 5.76 Å². The van der Waals surface area contributed by atoms with E-state index in [1.54, 1.807) is 47.5 Å². The first-order valence-corrected chi connectivity index (χ1v) is 8.39. The highest BCUT2D eigenvalue weighted by atomic mass is 16.3. The van der Waals surface area contributed by atoms with Gasteiger partial charge in [-0.25, -0.2) is 10.1 Å². The van der Waals surface area contributed by atoms with Crippen LogP contribution in [-0.4, -0.2) is 21.9 Å². The minimum atomic E-state index is -0.276. The number of furan rings is 1. The standard InChI is InChI=1S/C21H16N4O2/c26-21(16-8-3-1-4-9-16)23-22-14-17-15-25(18-10-5-2-6-11-18)24-20(17)19-12-7-13-27-19/h1-15H,(H,23,26)/b22-14-. The fourth-order valence-electron chi connectivity index (χ4n) is 2.61. The lowest BCUT2D eigenvalue weighted by Gasteiger charge is -1.98. The highest BCUT2D eigenvalue weighted by Crippen LogP contribution is 2.23. The molecule has 2 aromatic heterocycles. The molecule has 2 aromatic carbocycles. The second kappa shape index (κ2) is 7.53. The Morgan fingerprint density at radius 2 is 1.74 bits per heavy atom. The summed E-state index contributed by atoms with van der Waals surface area (Å²) in [4.78, 5) is 12.1. The summed E-state index contributed by atoms with van der Waals surface area (Å²) in [6, 6.07) is 22.3. The average molecular weight is 356 g/mol. The van der Waals surface area contributed by atoms with Gasteiger partial charge < -0.3 is 4.42 Å². The summed E-state index contributed by atoms with van der Waals surface area (Å²) < 4.78 is 7.23. The Morgan fingerprint density at radius 1 is 1.00 bits per heavy atom.